The highest BCUT2D eigenvalue weighted by Gasteiger charge is 2.24. The molecule has 17 nitrogen and oxygen atoms in total. The van der Waals surface area contributed by atoms with E-state index < -0.39 is 66.2 Å². The number of carbonyl (C=O) groups is 7. The second-order valence-electron chi connectivity index (χ2n) is 14.4. The summed E-state index contributed by atoms with van der Waals surface area (Å²) in [5.74, 6) is -0.945. The first-order valence-corrected chi connectivity index (χ1v) is 21.9. The van der Waals surface area contributed by atoms with E-state index in [-0.39, 0.29) is 44.4 Å². The van der Waals surface area contributed by atoms with Gasteiger partial charge in [0.1, 0.15) is 11.6 Å². The molecule has 0 spiro atoms. The minimum absolute atomic E-state index is 0.00840. The molecule has 0 fully saturated rings. The first-order valence-electron chi connectivity index (χ1n) is 20.7. The van der Waals surface area contributed by atoms with E-state index in [0.717, 1.165) is 10.6 Å². The summed E-state index contributed by atoms with van der Waals surface area (Å²) in [4.78, 5) is 78.2. The van der Waals surface area contributed by atoms with Crippen molar-refractivity contribution in [1.82, 2.24) is 15.4 Å². The molecule has 0 unspecified atom stereocenters. The number of benzene rings is 5. The number of aliphatic carboxylic acids is 1. The topological polar surface area (TPSA) is 252 Å². The number of carbonyl (C=O) groups excluding carboxylic acids is 6. The van der Waals surface area contributed by atoms with E-state index in [1.54, 1.807) is 91.9 Å². The normalized spacial score (nSPS) is 11.4. The molecule has 70 heavy (non-hydrogen) atoms. The van der Waals surface area contributed by atoms with Crippen molar-refractivity contribution >= 4 is 75.6 Å². The molecule has 5 rings (SSSR count). The number of aliphatic hydroxyl groups is 2. The third kappa shape index (κ3) is 19.7. The second-order valence-corrected chi connectivity index (χ2v) is 15.6. The van der Waals surface area contributed by atoms with E-state index in [1.165, 1.54) is 42.3 Å². The van der Waals surface area contributed by atoms with Crippen LogP contribution in [-0.4, -0.2) is 111 Å². The van der Waals surface area contributed by atoms with Crippen molar-refractivity contribution in [2.24, 2.45) is 5.84 Å². The SMILES string of the molecule is CCOC(=O)C(=O)Cl.CCOC(=O)C(=O)NN(Cc1ccc(-c2cc(Cl)ccc2F)cc1)C[C@@H](O)C(=O)O.NN(Cc1ccc(-c2cc(Cl)ccc2F)cc1)C[C@@H](O)C(=O)OCC(=O)c1ccccc1. The Balaban J connectivity index is 0.000000321. The Labute approximate surface area is 415 Å². The highest BCUT2D eigenvalue weighted by molar-refractivity contribution is 6.80. The molecule has 22 heteroatoms. The molecule has 2 atom stereocenters. The molecular weight excluding hydrogens is 985 g/mol. The minimum Gasteiger partial charge on any atom is -0.479 e. The first kappa shape index (κ1) is 57.6. The molecule has 5 aromatic rings. The molecular formula is C48H47Cl3F2N4O13. The molecule has 0 aromatic heterocycles. The maximum atomic E-state index is 14.0. The lowest BCUT2D eigenvalue weighted by molar-refractivity contribution is -0.158. The second kappa shape index (κ2) is 29.4. The molecule has 0 bridgehead atoms. The lowest BCUT2D eigenvalue weighted by Crippen LogP contribution is -2.49. The molecule has 0 aliphatic carbocycles. The van der Waals surface area contributed by atoms with Crippen molar-refractivity contribution < 1.29 is 71.9 Å². The number of nitrogens with two attached hydrogens (primary N) is 1. The van der Waals surface area contributed by atoms with Gasteiger partial charge in [0.15, 0.2) is 24.6 Å². The Morgan fingerprint density at radius 1 is 0.657 bits per heavy atom. The van der Waals surface area contributed by atoms with Crippen molar-refractivity contribution in [2.75, 3.05) is 32.9 Å². The number of esters is 3. The molecule has 0 saturated heterocycles. The van der Waals surface area contributed by atoms with Crippen molar-refractivity contribution in [1.29, 1.82) is 0 Å². The Hall–Kier alpha value is -6.68. The number of Topliss-reactive ketones (excluding diaryl/α,β-unsaturated/α-hetero) is 1. The highest BCUT2D eigenvalue weighted by atomic mass is 35.5. The fourth-order valence-corrected chi connectivity index (χ4v) is 6.18. The van der Waals surface area contributed by atoms with Crippen LogP contribution in [0.3, 0.4) is 0 Å². The van der Waals surface area contributed by atoms with Gasteiger partial charge < -0.3 is 29.5 Å². The van der Waals surface area contributed by atoms with Gasteiger partial charge in [-0.3, -0.25) is 25.7 Å². The van der Waals surface area contributed by atoms with Gasteiger partial charge in [-0.05, 0) is 84.1 Å². The molecule has 5 aromatic carbocycles. The van der Waals surface area contributed by atoms with Crippen LogP contribution in [0.25, 0.3) is 22.3 Å². The number of nitrogens with one attached hydrogen (secondary N) is 1. The first-order chi connectivity index (χ1) is 33.2. The average Bonchev–Trinajstić information content (AvgIpc) is 3.33. The van der Waals surface area contributed by atoms with E-state index in [9.17, 15) is 52.6 Å². The number of aliphatic hydroxyl groups excluding tert-OH is 2. The van der Waals surface area contributed by atoms with Crippen molar-refractivity contribution in [3.63, 3.8) is 0 Å². The maximum absolute atomic E-state index is 14.0. The lowest BCUT2D eigenvalue weighted by Gasteiger charge is -2.24. The Morgan fingerprint density at radius 3 is 1.60 bits per heavy atom. The standard InChI is InChI=1S/C24H22ClFN2O4.C20H20ClFN2O6.C4H5ClO3/c25-19-10-11-21(26)20(12-19)17-8-6-16(7-9-17)13-28(27)14-22(29)24(31)32-15-23(30)18-4-2-1-3-5-18;1-2-30-20(29)18(26)23-24(11-17(25)19(27)28)10-12-3-5-13(6-4-12)15-9-14(21)7-8-16(15)22;1-2-8-4(7)3(5)6/h1-12,22,29H,13-15,27H2;3-9,17,25H,2,10-11H2,1H3,(H,23,26)(H,27,28);2H2,1H3/t22-;17-;/m11./s1. The molecule has 6 N–H and O–H groups in total. The third-order valence-corrected chi connectivity index (χ3v) is 9.73. The van der Waals surface area contributed by atoms with E-state index in [1.807, 2.05) is 0 Å². The van der Waals surface area contributed by atoms with Gasteiger partial charge in [-0.2, -0.15) is 0 Å². The molecule has 0 radical (unpaired) electrons. The quantitative estimate of drug-likeness (QED) is 0.0123. The number of hydrazine groups is 2. The summed E-state index contributed by atoms with van der Waals surface area (Å²) >= 11 is 16.5. The Kier molecular flexibility index (Phi) is 24.2. The predicted octanol–water partition coefficient (Wildman–Crippen LogP) is 5.91. The van der Waals surface area contributed by atoms with Crippen LogP contribution in [0.4, 0.5) is 8.78 Å². The van der Waals surface area contributed by atoms with Crippen LogP contribution in [0.2, 0.25) is 10.0 Å². The number of ether oxygens (including phenoxy) is 3. The number of halogens is 5. The smallest absolute Gasteiger partial charge is 0.398 e. The molecule has 0 aliphatic rings. The number of rotatable bonds is 19. The molecule has 0 heterocycles. The highest BCUT2D eigenvalue weighted by Crippen LogP contribution is 2.28. The number of hydrogen-bond donors (Lipinski definition) is 5. The van der Waals surface area contributed by atoms with Gasteiger partial charge in [-0.25, -0.2) is 38.0 Å². The fourth-order valence-electron chi connectivity index (χ4n) is 5.78. The summed E-state index contributed by atoms with van der Waals surface area (Å²) in [5, 5.41) is 30.6. The fraction of sp³-hybridized carbons (Fsp3) is 0.229. The summed E-state index contributed by atoms with van der Waals surface area (Å²) in [6.07, 6.45) is -3.31. The van der Waals surface area contributed by atoms with Gasteiger partial charge in [0.2, 0.25) is 0 Å². The molecule has 1 amide bonds. The van der Waals surface area contributed by atoms with Crippen LogP contribution < -0.4 is 11.3 Å². The van der Waals surface area contributed by atoms with Crippen LogP contribution in [0, 0.1) is 11.6 Å². The molecule has 372 valence electrons. The number of hydrogen-bond acceptors (Lipinski definition) is 15. The molecule has 0 saturated carbocycles. The zero-order valence-electron chi connectivity index (χ0n) is 37.4. The number of carboxylic acid groups (broad SMARTS) is 1. The Bertz CT molecular complexity index is 2580. The zero-order chi connectivity index (χ0) is 51.9. The average molecular weight is 1030 g/mol. The summed E-state index contributed by atoms with van der Waals surface area (Å²) in [5.41, 5.74) is 5.93. The minimum atomic E-state index is -1.80. The van der Waals surface area contributed by atoms with Crippen LogP contribution >= 0.6 is 34.8 Å². The number of nitrogens with zero attached hydrogens (tertiary/aromatic N) is 2. The van der Waals surface area contributed by atoms with Crippen molar-refractivity contribution in [2.45, 2.75) is 39.1 Å². The van der Waals surface area contributed by atoms with Gasteiger partial charge in [0.25, 0.3) is 0 Å². The maximum Gasteiger partial charge on any atom is 0.398 e. The lowest BCUT2D eigenvalue weighted by atomic mass is 10.0. The van der Waals surface area contributed by atoms with Gasteiger partial charge in [0, 0.05) is 39.8 Å². The van der Waals surface area contributed by atoms with Crippen LogP contribution in [0.15, 0.2) is 115 Å². The Morgan fingerprint density at radius 2 is 1.14 bits per heavy atom. The van der Waals surface area contributed by atoms with Crippen molar-refractivity contribution in [3.8, 4) is 22.3 Å². The summed E-state index contributed by atoms with van der Waals surface area (Å²) < 4.78 is 41.7. The van der Waals surface area contributed by atoms with E-state index >= 15 is 0 Å². The van der Waals surface area contributed by atoms with Crippen LogP contribution in [-0.2, 0) is 56.1 Å². The largest absolute Gasteiger partial charge is 0.479 e. The number of ketones is 1. The monoisotopic (exact) mass is 1030 g/mol. The van der Waals surface area contributed by atoms with Gasteiger partial charge in [-0.15, -0.1) is 0 Å². The third-order valence-electron chi connectivity index (χ3n) is 9.10. The predicted molar refractivity (Wildman–Crippen MR) is 252 cm³/mol. The number of carboxylic acids is 1. The summed E-state index contributed by atoms with van der Waals surface area (Å²) in [7, 11) is 0. The summed E-state index contributed by atoms with van der Waals surface area (Å²) in [6, 6.07) is 30.4. The van der Waals surface area contributed by atoms with Gasteiger partial charge >= 0.3 is 35.0 Å². The zero-order valence-corrected chi connectivity index (χ0v) is 39.6. The van der Waals surface area contributed by atoms with Crippen molar-refractivity contribution in [3.05, 3.63) is 154 Å². The molecule has 0 aliphatic heterocycles. The summed E-state index contributed by atoms with van der Waals surface area (Å²) in [6.45, 7) is 2.35. The van der Waals surface area contributed by atoms with Crippen LogP contribution in [0.1, 0.15) is 35.3 Å². The van der Waals surface area contributed by atoms with Crippen LogP contribution in [0.5, 0.6) is 0 Å². The van der Waals surface area contributed by atoms with E-state index in [2.05, 4.69) is 14.9 Å². The van der Waals surface area contributed by atoms with E-state index in [4.69, 9.17) is 50.5 Å². The number of amides is 1. The van der Waals surface area contributed by atoms with Gasteiger partial charge in [-0.1, -0.05) is 102 Å². The van der Waals surface area contributed by atoms with E-state index in [0.29, 0.717) is 43.4 Å². The van der Waals surface area contributed by atoms with Gasteiger partial charge in [0.05, 0.1) is 26.3 Å².